The second kappa shape index (κ2) is 8.25. The molecular formula is C19H26O4P2. The van der Waals surface area contributed by atoms with Crippen LogP contribution in [0.1, 0.15) is 6.42 Å². The number of rotatable bonds is 8. The van der Waals surface area contributed by atoms with E-state index in [1.807, 2.05) is 48.5 Å². The molecule has 2 rings (SSSR count). The van der Waals surface area contributed by atoms with Crippen LogP contribution in [0.5, 0.6) is 11.5 Å². The first-order chi connectivity index (χ1) is 11.7. The van der Waals surface area contributed by atoms with E-state index >= 15 is 0 Å². The third kappa shape index (κ3) is 6.38. The number of ether oxygens (including phenoxy) is 2. The molecule has 0 saturated carbocycles. The summed E-state index contributed by atoms with van der Waals surface area (Å²) in [5.41, 5.74) is 0. The van der Waals surface area contributed by atoms with Crippen LogP contribution >= 0.6 is 14.3 Å². The van der Waals surface area contributed by atoms with Crippen LogP contribution in [-0.2, 0) is 9.13 Å². The number of hydrogen-bond acceptors (Lipinski definition) is 4. The van der Waals surface area contributed by atoms with Gasteiger partial charge in [0.25, 0.3) is 0 Å². The second-order valence-electron chi connectivity index (χ2n) is 6.75. The molecule has 0 bridgehead atoms. The molecule has 136 valence electrons. The Labute approximate surface area is 150 Å². The molecule has 0 atom stereocenters. The average Bonchev–Trinajstić information content (AvgIpc) is 2.53. The van der Waals surface area contributed by atoms with Crippen LogP contribution in [-0.4, -0.2) is 39.9 Å². The summed E-state index contributed by atoms with van der Waals surface area (Å²) in [7, 11) is -4.55. The molecule has 25 heavy (non-hydrogen) atoms. The Kier molecular flexibility index (Phi) is 6.54. The Hall–Kier alpha value is -1.50. The van der Waals surface area contributed by atoms with E-state index in [1.54, 1.807) is 26.7 Å². The first kappa shape index (κ1) is 19.8. The van der Waals surface area contributed by atoms with Gasteiger partial charge in [-0.3, -0.25) is 0 Å². The van der Waals surface area contributed by atoms with Crippen molar-refractivity contribution < 1.29 is 18.6 Å². The van der Waals surface area contributed by atoms with Crippen LogP contribution in [0, 0.1) is 0 Å². The zero-order valence-corrected chi connectivity index (χ0v) is 17.1. The molecule has 0 fully saturated rings. The first-order valence-corrected chi connectivity index (χ1v) is 13.4. The van der Waals surface area contributed by atoms with Crippen LogP contribution < -0.4 is 20.1 Å². The molecular weight excluding hydrogens is 354 g/mol. The third-order valence-electron chi connectivity index (χ3n) is 3.70. The molecule has 0 unspecified atom stereocenters. The van der Waals surface area contributed by atoms with Crippen LogP contribution in [0.4, 0.5) is 0 Å². The van der Waals surface area contributed by atoms with E-state index in [2.05, 4.69) is 0 Å². The zero-order valence-electron chi connectivity index (χ0n) is 15.3. The highest BCUT2D eigenvalue weighted by Gasteiger charge is 2.12. The van der Waals surface area contributed by atoms with E-state index in [0.29, 0.717) is 13.2 Å². The van der Waals surface area contributed by atoms with E-state index in [9.17, 15) is 9.13 Å². The molecule has 0 aliphatic carbocycles. The lowest BCUT2D eigenvalue weighted by Crippen LogP contribution is -2.08. The SMILES string of the molecule is CP(C)(=O)c1cccc(OCCCOc2cccc(P(C)(C)=O)c2)c1. The Bertz CT molecular complexity index is 737. The van der Waals surface area contributed by atoms with Gasteiger partial charge in [-0.1, -0.05) is 24.3 Å². The summed E-state index contributed by atoms with van der Waals surface area (Å²) in [5.74, 6) is 1.45. The van der Waals surface area contributed by atoms with Gasteiger partial charge in [-0.05, 0) is 50.9 Å². The summed E-state index contributed by atoms with van der Waals surface area (Å²) in [6.07, 6.45) is 0.722. The fourth-order valence-electron chi connectivity index (χ4n) is 2.26. The van der Waals surface area contributed by atoms with E-state index in [4.69, 9.17) is 9.47 Å². The summed E-state index contributed by atoms with van der Waals surface area (Å²) < 4.78 is 35.6. The normalized spacial score (nSPS) is 12.0. The first-order valence-electron chi connectivity index (χ1n) is 8.23. The maximum atomic E-state index is 12.1. The van der Waals surface area contributed by atoms with Crippen molar-refractivity contribution in [3.8, 4) is 11.5 Å². The predicted octanol–water partition coefficient (Wildman–Crippen LogP) is 4.03. The van der Waals surface area contributed by atoms with Gasteiger partial charge in [-0.15, -0.1) is 0 Å². The molecule has 0 aliphatic rings. The van der Waals surface area contributed by atoms with Crippen molar-refractivity contribution in [2.24, 2.45) is 0 Å². The van der Waals surface area contributed by atoms with E-state index in [1.165, 1.54) is 0 Å². The van der Waals surface area contributed by atoms with Crippen molar-refractivity contribution >= 4 is 24.9 Å². The van der Waals surface area contributed by atoms with Gasteiger partial charge >= 0.3 is 0 Å². The molecule has 2 aromatic carbocycles. The van der Waals surface area contributed by atoms with Crippen LogP contribution in [0.3, 0.4) is 0 Å². The predicted molar refractivity (Wildman–Crippen MR) is 107 cm³/mol. The smallest absolute Gasteiger partial charge is 0.120 e. The van der Waals surface area contributed by atoms with Crippen molar-refractivity contribution in [2.45, 2.75) is 6.42 Å². The molecule has 0 spiro atoms. The van der Waals surface area contributed by atoms with Gasteiger partial charge in [-0.2, -0.15) is 0 Å². The molecule has 2 aromatic rings. The van der Waals surface area contributed by atoms with Crippen LogP contribution in [0.2, 0.25) is 0 Å². The summed E-state index contributed by atoms with van der Waals surface area (Å²) >= 11 is 0. The lowest BCUT2D eigenvalue weighted by Gasteiger charge is -2.12. The van der Waals surface area contributed by atoms with Gasteiger partial charge in [-0.25, -0.2) is 0 Å². The van der Waals surface area contributed by atoms with Crippen molar-refractivity contribution in [1.82, 2.24) is 0 Å². The monoisotopic (exact) mass is 380 g/mol. The maximum absolute atomic E-state index is 12.1. The summed E-state index contributed by atoms with van der Waals surface area (Å²) in [4.78, 5) is 0. The molecule has 0 aliphatic heterocycles. The molecule has 0 saturated heterocycles. The minimum Gasteiger partial charge on any atom is -0.493 e. The van der Waals surface area contributed by atoms with Crippen molar-refractivity contribution in [3.63, 3.8) is 0 Å². The minimum absolute atomic E-state index is 0.515. The fourth-order valence-corrected chi connectivity index (χ4v) is 4.02. The minimum atomic E-state index is -2.28. The van der Waals surface area contributed by atoms with Crippen molar-refractivity contribution in [3.05, 3.63) is 48.5 Å². The molecule has 4 nitrogen and oxygen atoms in total. The Morgan fingerprint density at radius 1 is 0.720 bits per heavy atom. The van der Waals surface area contributed by atoms with Gasteiger partial charge < -0.3 is 18.6 Å². The Morgan fingerprint density at radius 2 is 1.12 bits per heavy atom. The summed E-state index contributed by atoms with van der Waals surface area (Å²) in [6, 6.07) is 14.9. The van der Waals surface area contributed by atoms with E-state index < -0.39 is 14.3 Å². The third-order valence-corrected chi connectivity index (χ3v) is 6.75. The van der Waals surface area contributed by atoms with Crippen molar-refractivity contribution in [2.75, 3.05) is 39.9 Å². The zero-order chi connectivity index (χ0) is 18.5. The quantitative estimate of drug-likeness (QED) is 0.513. The highest BCUT2D eigenvalue weighted by molar-refractivity contribution is 7.70. The molecule has 0 heterocycles. The van der Waals surface area contributed by atoms with Gasteiger partial charge in [0.15, 0.2) is 0 Å². The highest BCUT2D eigenvalue weighted by Crippen LogP contribution is 2.36. The fraction of sp³-hybridized carbons (Fsp3) is 0.368. The standard InChI is InChI=1S/C19H26O4P2/c1-24(2,20)18-10-5-8-16(14-18)22-12-7-13-23-17-9-6-11-19(15-17)25(3,4)21/h5-6,8-11,14-15H,7,12-13H2,1-4H3. The Morgan fingerprint density at radius 3 is 1.48 bits per heavy atom. The van der Waals surface area contributed by atoms with Gasteiger partial charge in [0.2, 0.25) is 0 Å². The van der Waals surface area contributed by atoms with Crippen LogP contribution in [0.15, 0.2) is 48.5 Å². The van der Waals surface area contributed by atoms with Crippen LogP contribution in [0.25, 0.3) is 0 Å². The number of hydrogen-bond donors (Lipinski definition) is 0. The second-order valence-corrected chi connectivity index (χ2v) is 13.2. The average molecular weight is 380 g/mol. The largest absolute Gasteiger partial charge is 0.493 e. The molecule has 0 amide bonds. The van der Waals surface area contributed by atoms with Gasteiger partial charge in [0.05, 0.1) is 13.2 Å². The lowest BCUT2D eigenvalue weighted by molar-refractivity contribution is 0.247. The number of benzene rings is 2. The molecule has 0 aromatic heterocycles. The summed E-state index contributed by atoms with van der Waals surface area (Å²) in [6.45, 7) is 8.03. The maximum Gasteiger partial charge on any atom is 0.120 e. The van der Waals surface area contributed by atoms with Gasteiger partial charge in [0, 0.05) is 17.0 Å². The van der Waals surface area contributed by atoms with Crippen molar-refractivity contribution in [1.29, 1.82) is 0 Å². The van der Waals surface area contributed by atoms with Gasteiger partial charge in [0.1, 0.15) is 25.8 Å². The lowest BCUT2D eigenvalue weighted by atomic mass is 10.3. The topological polar surface area (TPSA) is 52.6 Å². The van der Waals surface area contributed by atoms with E-state index in [-0.39, 0.29) is 0 Å². The molecule has 6 heteroatoms. The highest BCUT2D eigenvalue weighted by atomic mass is 31.2. The molecule has 0 N–H and O–H groups in total. The summed E-state index contributed by atoms with van der Waals surface area (Å²) in [5, 5.41) is 1.64. The molecule has 0 radical (unpaired) electrons. The Balaban J connectivity index is 1.81. The van der Waals surface area contributed by atoms with E-state index in [0.717, 1.165) is 28.5 Å².